The molecule has 0 heterocycles. The lowest BCUT2D eigenvalue weighted by Gasteiger charge is -2.17. The van der Waals surface area contributed by atoms with Crippen molar-refractivity contribution in [2.45, 2.75) is 78.2 Å². The van der Waals surface area contributed by atoms with Crippen molar-refractivity contribution in [2.24, 2.45) is 0 Å². The van der Waals surface area contributed by atoms with E-state index in [0.29, 0.717) is 6.04 Å². The Balaban J connectivity index is 3.53. The molecular formula is C13H29NO. The fraction of sp³-hybridized carbons (Fsp3) is 1.00. The first-order valence-corrected chi connectivity index (χ1v) is 6.72. The van der Waals surface area contributed by atoms with Crippen LogP contribution >= 0.6 is 0 Å². The highest BCUT2D eigenvalue weighted by atomic mass is 16.6. The molecule has 0 aliphatic carbocycles. The van der Waals surface area contributed by atoms with E-state index < -0.39 is 0 Å². The van der Waals surface area contributed by atoms with Crippen LogP contribution in [0.5, 0.6) is 0 Å². The lowest BCUT2D eigenvalue weighted by molar-refractivity contribution is 0.0190. The van der Waals surface area contributed by atoms with Crippen LogP contribution < -0.4 is 5.48 Å². The van der Waals surface area contributed by atoms with Crippen LogP contribution in [-0.2, 0) is 4.84 Å². The first kappa shape index (κ1) is 14.9. The van der Waals surface area contributed by atoms with Gasteiger partial charge in [0.15, 0.2) is 0 Å². The van der Waals surface area contributed by atoms with Crippen molar-refractivity contribution in [3.05, 3.63) is 0 Å². The summed E-state index contributed by atoms with van der Waals surface area (Å²) in [5.74, 6) is 0. The van der Waals surface area contributed by atoms with Crippen LogP contribution in [-0.4, -0.2) is 12.6 Å². The predicted molar refractivity (Wildman–Crippen MR) is 66.8 cm³/mol. The first-order valence-electron chi connectivity index (χ1n) is 6.72. The van der Waals surface area contributed by atoms with E-state index in [1.54, 1.807) is 0 Å². The van der Waals surface area contributed by atoms with Crippen LogP contribution in [0.3, 0.4) is 0 Å². The summed E-state index contributed by atoms with van der Waals surface area (Å²) in [5.41, 5.74) is 3.19. The standard InChI is InChI=1S/C13H29NO/c1-4-7-9-11-13(14-15-6-3)12-10-8-5-2/h13-14H,4-12H2,1-3H3. The van der Waals surface area contributed by atoms with E-state index in [4.69, 9.17) is 4.84 Å². The SMILES string of the molecule is CCCCCC(CCCCC)NOCC. The summed E-state index contributed by atoms with van der Waals surface area (Å²) < 4.78 is 0. The third kappa shape index (κ3) is 10.2. The molecule has 0 bridgehead atoms. The number of rotatable bonds is 11. The van der Waals surface area contributed by atoms with Crippen LogP contribution in [0, 0.1) is 0 Å². The van der Waals surface area contributed by atoms with Crippen molar-refractivity contribution in [3.63, 3.8) is 0 Å². The van der Waals surface area contributed by atoms with Crippen LogP contribution in [0.15, 0.2) is 0 Å². The normalized spacial score (nSPS) is 11.2. The largest absolute Gasteiger partial charge is 0.302 e. The van der Waals surface area contributed by atoms with Crippen molar-refractivity contribution in [2.75, 3.05) is 6.61 Å². The van der Waals surface area contributed by atoms with Gasteiger partial charge in [0, 0.05) is 6.04 Å². The molecular weight excluding hydrogens is 186 g/mol. The van der Waals surface area contributed by atoms with E-state index in [2.05, 4.69) is 19.3 Å². The van der Waals surface area contributed by atoms with Gasteiger partial charge in [-0.3, -0.25) is 0 Å². The number of hydrogen-bond donors (Lipinski definition) is 1. The lowest BCUT2D eigenvalue weighted by Crippen LogP contribution is -2.29. The Morgan fingerprint density at radius 2 is 1.40 bits per heavy atom. The molecule has 15 heavy (non-hydrogen) atoms. The zero-order chi connectivity index (χ0) is 11.4. The summed E-state index contributed by atoms with van der Waals surface area (Å²) in [6, 6.07) is 0.572. The maximum Gasteiger partial charge on any atom is 0.0654 e. The summed E-state index contributed by atoms with van der Waals surface area (Å²) in [5, 5.41) is 0. The monoisotopic (exact) mass is 215 g/mol. The fourth-order valence-corrected chi connectivity index (χ4v) is 1.74. The summed E-state index contributed by atoms with van der Waals surface area (Å²) in [7, 11) is 0. The molecule has 0 radical (unpaired) electrons. The minimum atomic E-state index is 0.572. The van der Waals surface area contributed by atoms with E-state index in [0.717, 1.165) is 6.61 Å². The van der Waals surface area contributed by atoms with E-state index in [9.17, 15) is 0 Å². The molecule has 0 atom stereocenters. The third-order valence-electron chi connectivity index (χ3n) is 2.71. The molecule has 0 aliphatic rings. The maximum absolute atomic E-state index is 5.31. The molecule has 0 rings (SSSR count). The van der Waals surface area contributed by atoms with Gasteiger partial charge in [0.2, 0.25) is 0 Å². The van der Waals surface area contributed by atoms with E-state index in [-0.39, 0.29) is 0 Å². The quantitative estimate of drug-likeness (QED) is 0.414. The Morgan fingerprint density at radius 3 is 1.80 bits per heavy atom. The Bertz CT molecular complexity index is 107. The molecule has 0 spiro atoms. The van der Waals surface area contributed by atoms with Gasteiger partial charge in [-0.05, 0) is 19.8 Å². The molecule has 0 unspecified atom stereocenters. The van der Waals surface area contributed by atoms with E-state index >= 15 is 0 Å². The van der Waals surface area contributed by atoms with E-state index in [1.165, 1.54) is 51.4 Å². The Kier molecular flexibility index (Phi) is 11.9. The van der Waals surface area contributed by atoms with Gasteiger partial charge in [0.1, 0.15) is 0 Å². The second-order valence-corrected chi connectivity index (χ2v) is 4.24. The molecule has 2 heteroatoms. The van der Waals surface area contributed by atoms with Gasteiger partial charge in [0.05, 0.1) is 6.61 Å². The molecule has 0 fully saturated rings. The highest BCUT2D eigenvalue weighted by Crippen LogP contribution is 2.10. The average Bonchev–Trinajstić information content (AvgIpc) is 2.25. The first-order chi connectivity index (χ1) is 7.35. The van der Waals surface area contributed by atoms with E-state index in [1.807, 2.05) is 6.92 Å². The predicted octanol–water partition coefficient (Wildman–Crippen LogP) is 4.06. The minimum Gasteiger partial charge on any atom is -0.302 e. The molecule has 0 aromatic carbocycles. The zero-order valence-electron chi connectivity index (χ0n) is 10.8. The van der Waals surface area contributed by atoms with Gasteiger partial charge in [-0.25, -0.2) is 0 Å². The molecule has 1 N–H and O–H groups in total. The topological polar surface area (TPSA) is 21.3 Å². The van der Waals surface area contributed by atoms with Gasteiger partial charge in [-0.1, -0.05) is 52.4 Å². The molecule has 0 aliphatic heterocycles. The molecule has 0 aromatic rings. The van der Waals surface area contributed by atoms with Crippen LogP contribution in [0.4, 0.5) is 0 Å². The second-order valence-electron chi connectivity index (χ2n) is 4.24. The van der Waals surface area contributed by atoms with Crippen molar-refractivity contribution in [1.29, 1.82) is 0 Å². The number of nitrogens with one attached hydrogen (secondary N) is 1. The molecule has 0 saturated heterocycles. The smallest absolute Gasteiger partial charge is 0.0654 e. The average molecular weight is 215 g/mol. The van der Waals surface area contributed by atoms with Crippen molar-refractivity contribution < 1.29 is 4.84 Å². The lowest BCUT2D eigenvalue weighted by atomic mass is 10.0. The Labute approximate surface area is 95.7 Å². The third-order valence-corrected chi connectivity index (χ3v) is 2.71. The fourth-order valence-electron chi connectivity index (χ4n) is 1.74. The second kappa shape index (κ2) is 12.0. The summed E-state index contributed by atoms with van der Waals surface area (Å²) in [4.78, 5) is 5.31. The highest BCUT2D eigenvalue weighted by Gasteiger charge is 2.07. The van der Waals surface area contributed by atoms with Gasteiger partial charge in [-0.2, -0.15) is 5.48 Å². The number of unbranched alkanes of at least 4 members (excludes halogenated alkanes) is 4. The summed E-state index contributed by atoms with van der Waals surface area (Å²) >= 11 is 0. The van der Waals surface area contributed by atoms with Gasteiger partial charge < -0.3 is 4.84 Å². The van der Waals surface area contributed by atoms with Crippen molar-refractivity contribution in [3.8, 4) is 0 Å². The molecule has 92 valence electrons. The minimum absolute atomic E-state index is 0.572. The maximum atomic E-state index is 5.31. The Hall–Kier alpha value is -0.0800. The van der Waals surface area contributed by atoms with Crippen LogP contribution in [0.2, 0.25) is 0 Å². The Morgan fingerprint density at radius 1 is 0.867 bits per heavy atom. The highest BCUT2D eigenvalue weighted by molar-refractivity contribution is 4.62. The molecule has 2 nitrogen and oxygen atoms in total. The van der Waals surface area contributed by atoms with Gasteiger partial charge in [-0.15, -0.1) is 0 Å². The summed E-state index contributed by atoms with van der Waals surface area (Å²) in [6.45, 7) is 7.30. The molecule has 0 amide bonds. The number of hydroxylamine groups is 1. The van der Waals surface area contributed by atoms with Crippen molar-refractivity contribution >= 4 is 0 Å². The van der Waals surface area contributed by atoms with Crippen LogP contribution in [0.25, 0.3) is 0 Å². The zero-order valence-corrected chi connectivity index (χ0v) is 10.8. The molecule has 0 saturated carbocycles. The van der Waals surface area contributed by atoms with Gasteiger partial charge in [0.25, 0.3) is 0 Å². The van der Waals surface area contributed by atoms with Crippen molar-refractivity contribution in [1.82, 2.24) is 5.48 Å². The molecule has 0 aromatic heterocycles. The van der Waals surface area contributed by atoms with Crippen LogP contribution in [0.1, 0.15) is 72.1 Å². The van der Waals surface area contributed by atoms with Gasteiger partial charge >= 0.3 is 0 Å². The number of hydrogen-bond acceptors (Lipinski definition) is 2. The summed E-state index contributed by atoms with van der Waals surface area (Å²) in [6.07, 6.45) is 10.5.